The van der Waals surface area contributed by atoms with E-state index in [9.17, 15) is 0 Å². The molecular formula is C8H6BrNS. The maximum absolute atomic E-state index is 4.40. The minimum Gasteiger partial charge on any atom is -0.251 e. The summed E-state index contributed by atoms with van der Waals surface area (Å²) < 4.78 is 2.34. The van der Waals surface area contributed by atoms with Crippen LogP contribution in [-0.4, -0.2) is 4.98 Å². The van der Waals surface area contributed by atoms with Crippen LogP contribution in [0.3, 0.4) is 0 Å². The number of nitrogens with zero attached hydrogens (tertiary/aromatic N) is 1. The van der Waals surface area contributed by atoms with Gasteiger partial charge in [0.1, 0.15) is 0 Å². The topological polar surface area (TPSA) is 12.9 Å². The summed E-state index contributed by atoms with van der Waals surface area (Å²) in [5.41, 5.74) is 2.15. The van der Waals surface area contributed by atoms with Gasteiger partial charge in [-0.25, -0.2) is 0 Å². The van der Waals surface area contributed by atoms with Crippen molar-refractivity contribution in [2.75, 3.05) is 0 Å². The number of thiophene rings is 1. The molecule has 11 heavy (non-hydrogen) atoms. The second-order valence-electron chi connectivity index (χ2n) is 2.38. The molecule has 0 bridgehead atoms. The van der Waals surface area contributed by atoms with Crippen molar-refractivity contribution in [1.29, 1.82) is 0 Å². The number of halogens is 1. The molecule has 0 atom stereocenters. The van der Waals surface area contributed by atoms with Crippen LogP contribution in [0.5, 0.6) is 0 Å². The van der Waals surface area contributed by atoms with Crippen molar-refractivity contribution >= 4 is 37.5 Å². The Bertz CT molecular complexity index is 394. The Labute approximate surface area is 77.2 Å². The summed E-state index contributed by atoms with van der Waals surface area (Å²) in [5, 5.41) is 2.07. The number of fused-ring (bicyclic) bond motifs is 1. The number of aromatic nitrogens is 1. The van der Waals surface area contributed by atoms with E-state index in [1.54, 1.807) is 11.3 Å². The quantitative estimate of drug-likeness (QED) is 0.673. The van der Waals surface area contributed by atoms with E-state index in [2.05, 4.69) is 32.4 Å². The lowest BCUT2D eigenvalue weighted by molar-refractivity contribution is 1.26. The van der Waals surface area contributed by atoms with Crippen molar-refractivity contribution in [3.05, 3.63) is 27.7 Å². The maximum atomic E-state index is 4.40. The molecule has 0 unspecified atom stereocenters. The predicted octanol–water partition coefficient (Wildman–Crippen LogP) is 3.37. The highest BCUT2D eigenvalue weighted by molar-refractivity contribution is 9.10. The van der Waals surface area contributed by atoms with Crippen molar-refractivity contribution in [2.45, 2.75) is 6.92 Å². The fraction of sp³-hybridized carbons (Fsp3) is 0.125. The minimum absolute atomic E-state index is 1.07. The third-order valence-corrected chi connectivity index (χ3v) is 3.36. The molecule has 1 nitrogen and oxygen atoms in total. The molecule has 2 aromatic heterocycles. The molecule has 2 rings (SSSR count). The summed E-state index contributed by atoms with van der Waals surface area (Å²) in [5.74, 6) is 0. The summed E-state index contributed by atoms with van der Waals surface area (Å²) >= 11 is 5.16. The van der Waals surface area contributed by atoms with E-state index in [4.69, 9.17) is 0 Å². The van der Waals surface area contributed by atoms with E-state index < -0.39 is 0 Å². The second kappa shape index (κ2) is 2.57. The van der Waals surface area contributed by atoms with E-state index in [0.29, 0.717) is 0 Å². The molecule has 0 aliphatic carbocycles. The average Bonchev–Trinajstić information content (AvgIpc) is 2.33. The van der Waals surface area contributed by atoms with Gasteiger partial charge in [0.15, 0.2) is 0 Å². The first-order chi connectivity index (χ1) is 5.27. The van der Waals surface area contributed by atoms with Gasteiger partial charge in [0.05, 0.1) is 14.7 Å². The minimum atomic E-state index is 1.07. The van der Waals surface area contributed by atoms with Crippen LogP contribution in [0.1, 0.15) is 5.69 Å². The van der Waals surface area contributed by atoms with E-state index in [0.717, 1.165) is 15.7 Å². The van der Waals surface area contributed by atoms with Crippen LogP contribution in [0.25, 0.3) is 10.2 Å². The van der Waals surface area contributed by atoms with Gasteiger partial charge in [-0.1, -0.05) is 0 Å². The SMILES string of the molecule is Cc1ccc2scc(Br)c2n1. The first-order valence-electron chi connectivity index (χ1n) is 3.28. The van der Waals surface area contributed by atoms with Gasteiger partial charge in [-0.2, -0.15) is 0 Å². The molecule has 2 heterocycles. The molecule has 0 aliphatic rings. The molecule has 0 radical (unpaired) electrons. The molecule has 0 aromatic carbocycles. The van der Waals surface area contributed by atoms with Gasteiger partial charge in [-0.05, 0) is 35.0 Å². The number of aryl methyl sites for hydroxylation is 1. The van der Waals surface area contributed by atoms with E-state index in [1.165, 1.54) is 4.70 Å². The monoisotopic (exact) mass is 227 g/mol. The van der Waals surface area contributed by atoms with Gasteiger partial charge in [-0.3, -0.25) is 4.98 Å². The smallest absolute Gasteiger partial charge is 0.0954 e. The fourth-order valence-electron chi connectivity index (χ4n) is 0.981. The Balaban J connectivity index is 2.87. The summed E-state index contributed by atoms with van der Waals surface area (Å²) in [6.45, 7) is 2.00. The Morgan fingerprint density at radius 2 is 2.27 bits per heavy atom. The molecule has 0 saturated carbocycles. The lowest BCUT2D eigenvalue weighted by Crippen LogP contribution is -1.78. The van der Waals surface area contributed by atoms with Gasteiger partial charge < -0.3 is 0 Å². The van der Waals surface area contributed by atoms with Crippen LogP contribution in [0.15, 0.2) is 22.0 Å². The summed E-state index contributed by atoms with van der Waals surface area (Å²) in [7, 11) is 0. The highest BCUT2D eigenvalue weighted by atomic mass is 79.9. The lowest BCUT2D eigenvalue weighted by atomic mass is 10.3. The summed E-state index contributed by atoms with van der Waals surface area (Å²) in [6, 6.07) is 4.14. The first-order valence-corrected chi connectivity index (χ1v) is 4.95. The van der Waals surface area contributed by atoms with Crippen LogP contribution in [0.2, 0.25) is 0 Å². The second-order valence-corrected chi connectivity index (χ2v) is 4.15. The van der Waals surface area contributed by atoms with Crippen molar-refractivity contribution in [3.63, 3.8) is 0 Å². The Morgan fingerprint density at radius 3 is 3.09 bits per heavy atom. The normalized spacial score (nSPS) is 10.7. The standard InChI is InChI=1S/C8H6BrNS/c1-5-2-3-7-8(10-5)6(9)4-11-7/h2-4H,1H3. The van der Waals surface area contributed by atoms with Gasteiger partial charge in [0.2, 0.25) is 0 Å². The highest BCUT2D eigenvalue weighted by Crippen LogP contribution is 2.28. The van der Waals surface area contributed by atoms with Crippen LogP contribution < -0.4 is 0 Å². The lowest BCUT2D eigenvalue weighted by Gasteiger charge is -1.91. The molecule has 2 aromatic rings. The molecular weight excluding hydrogens is 222 g/mol. The number of rotatable bonds is 0. The zero-order valence-corrected chi connectivity index (χ0v) is 8.37. The van der Waals surface area contributed by atoms with Gasteiger partial charge in [0, 0.05) is 11.1 Å². The zero-order valence-electron chi connectivity index (χ0n) is 5.97. The Hall–Kier alpha value is -0.410. The van der Waals surface area contributed by atoms with E-state index in [1.807, 2.05) is 13.0 Å². The molecule has 0 spiro atoms. The van der Waals surface area contributed by atoms with Crippen molar-refractivity contribution in [3.8, 4) is 0 Å². The Morgan fingerprint density at radius 1 is 1.45 bits per heavy atom. The number of pyridine rings is 1. The first kappa shape index (κ1) is 7.25. The molecule has 0 N–H and O–H groups in total. The van der Waals surface area contributed by atoms with Crippen LogP contribution in [-0.2, 0) is 0 Å². The van der Waals surface area contributed by atoms with Crippen LogP contribution >= 0.6 is 27.3 Å². The Kier molecular flexibility index (Phi) is 1.69. The van der Waals surface area contributed by atoms with Crippen LogP contribution in [0.4, 0.5) is 0 Å². The van der Waals surface area contributed by atoms with Crippen molar-refractivity contribution < 1.29 is 0 Å². The van der Waals surface area contributed by atoms with E-state index in [-0.39, 0.29) is 0 Å². The number of hydrogen-bond donors (Lipinski definition) is 0. The average molecular weight is 228 g/mol. The summed E-state index contributed by atoms with van der Waals surface area (Å²) in [6.07, 6.45) is 0. The van der Waals surface area contributed by atoms with E-state index >= 15 is 0 Å². The summed E-state index contributed by atoms with van der Waals surface area (Å²) in [4.78, 5) is 4.40. The largest absolute Gasteiger partial charge is 0.251 e. The molecule has 0 fully saturated rings. The molecule has 3 heteroatoms. The predicted molar refractivity (Wildman–Crippen MR) is 52.1 cm³/mol. The third-order valence-electron chi connectivity index (χ3n) is 1.51. The van der Waals surface area contributed by atoms with Gasteiger partial charge in [-0.15, -0.1) is 11.3 Å². The molecule has 0 amide bonds. The van der Waals surface area contributed by atoms with Crippen LogP contribution in [0, 0.1) is 6.92 Å². The third kappa shape index (κ3) is 1.19. The van der Waals surface area contributed by atoms with Crippen molar-refractivity contribution in [1.82, 2.24) is 4.98 Å². The van der Waals surface area contributed by atoms with Gasteiger partial charge >= 0.3 is 0 Å². The van der Waals surface area contributed by atoms with Gasteiger partial charge in [0.25, 0.3) is 0 Å². The number of hydrogen-bond acceptors (Lipinski definition) is 2. The molecule has 0 aliphatic heterocycles. The van der Waals surface area contributed by atoms with Crippen molar-refractivity contribution in [2.24, 2.45) is 0 Å². The maximum Gasteiger partial charge on any atom is 0.0954 e. The molecule has 0 saturated heterocycles. The highest BCUT2D eigenvalue weighted by Gasteiger charge is 2.01. The fourth-order valence-corrected chi connectivity index (χ4v) is 2.45. The molecule has 56 valence electrons. The zero-order chi connectivity index (χ0) is 7.84.